The number of carbonyl (C=O) groups is 1. The van der Waals surface area contributed by atoms with Crippen LogP contribution in [0.5, 0.6) is 0 Å². The molecule has 2 nitrogen and oxygen atoms in total. The van der Waals surface area contributed by atoms with Gasteiger partial charge in [0, 0.05) is 12.5 Å². The van der Waals surface area contributed by atoms with Gasteiger partial charge in [0.05, 0.1) is 0 Å². The Kier molecular flexibility index (Phi) is 3.38. The summed E-state index contributed by atoms with van der Waals surface area (Å²) in [6.07, 6.45) is 4.54. The number of hydrogen-bond donors (Lipinski definition) is 1. The minimum atomic E-state index is 0.223. The molecule has 0 saturated heterocycles. The van der Waals surface area contributed by atoms with Crippen molar-refractivity contribution in [1.82, 2.24) is 5.32 Å². The largest absolute Gasteiger partial charge is 0.352 e. The van der Waals surface area contributed by atoms with Crippen molar-refractivity contribution in [3.63, 3.8) is 0 Å². The lowest BCUT2D eigenvalue weighted by atomic mass is 10.1. The Morgan fingerprint density at radius 1 is 1.33 bits per heavy atom. The lowest BCUT2D eigenvalue weighted by Gasteiger charge is -2.09. The lowest BCUT2D eigenvalue weighted by molar-refractivity contribution is -0.124. The number of hydrogen-bond acceptors (Lipinski definition) is 1. The molecular formula is C13H16NO. The van der Waals surface area contributed by atoms with Crippen molar-refractivity contribution in [3.05, 3.63) is 35.9 Å². The first-order valence-electron chi connectivity index (χ1n) is 5.59. The Balaban J connectivity index is 1.80. The highest BCUT2D eigenvalue weighted by molar-refractivity contribution is 5.78. The van der Waals surface area contributed by atoms with Gasteiger partial charge in [-0.05, 0) is 24.5 Å². The van der Waals surface area contributed by atoms with Gasteiger partial charge < -0.3 is 5.32 Å². The van der Waals surface area contributed by atoms with E-state index in [1.165, 1.54) is 12.8 Å². The fraction of sp³-hybridized carbons (Fsp3) is 0.462. The second-order valence-electron chi connectivity index (χ2n) is 4.11. The maximum atomic E-state index is 11.7. The average Bonchev–Trinajstić information content (AvgIpc) is 2.81. The molecule has 0 aliphatic heterocycles. The molecule has 1 radical (unpaired) electrons. The van der Waals surface area contributed by atoms with E-state index in [2.05, 4.69) is 11.4 Å². The second kappa shape index (κ2) is 4.96. The Hall–Kier alpha value is -1.31. The van der Waals surface area contributed by atoms with E-state index in [1.54, 1.807) is 0 Å². The monoisotopic (exact) mass is 202 g/mol. The molecule has 0 unspecified atom stereocenters. The molecule has 1 saturated carbocycles. The van der Waals surface area contributed by atoms with Gasteiger partial charge in [0.15, 0.2) is 0 Å². The standard InChI is InChI=1S/C13H16NO/c15-13(12-8-4-5-9-12)14-10-11-6-2-1-3-7-11/h2-3,6-7,12H,4-5,8-10H2,(H,14,15). The Bertz CT molecular complexity index is 315. The zero-order valence-electron chi connectivity index (χ0n) is 8.83. The summed E-state index contributed by atoms with van der Waals surface area (Å²) in [5.74, 6) is 0.487. The normalized spacial score (nSPS) is 16.5. The van der Waals surface area contributed by atoms with Crippen molar-refractivity contribution < 1.29 is 4.79 Å². The molecule has 0 aromatic heterocycles. The summed E-state index contributed by atoms with van der Waals surface area (Å²) in [4.78, 5) is 11.7. The van der Waals surface area contributed by atoms with Crippen molar-refractivity contribution in [2.45, 2.75) is 32.2 Å². The fourth-order valence-electron chi connectivity index (χ4n) is 2.06. The molecule has 1 amide bonds. The summed E-state index contributed by atoms with van der Waals surface area (Å²) in [6, 6.07) is 10.7. The van der Waals surface area contributed by atoms with E-state index >= 15 is 0 Å². The van der Waals surface area contributed by atoms with Gasteiger partial charge in [0.2, 0.25) is 5.91 Å². The van der Waals surface area contributed by atoms with E-state index in [4.69, 9.17) is 0 Å². The molecule has 1 fully saturated rings. The molecular weight excluding hydrogens is 186 g/mol. The minimum Gasteiger partial charge on any atom is -0.352 e. The molecule has 1 aliphatic rings. The van der Waals surface area contributed by atoms with Gasteiger partial charge in [-0.15, -0.1) is 0 Å². The zero-order valence-corrected chi connectivity index (χ0v) is 8.83. The van der Waals surface area contributed by atoms with Crippen molar-refractivity contribution >= 4 is 5.91 Å². The minimum absolute atomic E-state index is 0.223. The first-order valence-corrected chi connectivity index (χ1v) is 5.59. The van der Waals surface area contributed by atoms with Crippen LogP contribution in [0.25, 0.3) is 0 Å². The fourth-order valence-corrected chi connectivity index (χ4v) is 2.06. The number of rotatable bonds is 3. The Labute approximate surface area is 90.7 Å². The molecule has 79 valence electrons. The first kappa shape index (κ1) is 10.2. The van der Waals surface area contributed by atoms with E-state index in [-0.39, 0.29) is 11.8 Å². The average molecular weight is 202 g/mol. The van der Waals surface area contributed by atoms with E-state index < -0.39 is 0 Å². The third-order valence-corrected chi connectivity index (χ3v) is 2.98. The third-order valence-electron chi connectivity index (χ3n) is 2.98. The van der Waals surface area contributed by atoms with Gasteiger partial charge in [-0.2, -0.15) is 0 Å². The zero-order chi connectivity index (χ0) is 10.5. The van der Waals surface area contributed by atoms with E-state index in [9.17, 15) is 4.79 Å². The molecule has 2 heteroatoms. The predicted molar refractivity (Wildman–Crippen MR) is 59.1 cm³/mol. The van der Waals surface area contributed by atoms with E-state index in [0.717, 1.165) is 18.4 Å². The van der Waals surface area contributed by atoms with Crippen molar-refractivity contribution in [2.24, 2.45) is 5.92 Å². The molecule has 0 spiro atoms. The van der Waals surface area contributed by atoms with Crippen molar-refractivity contribution in [1.29, 1.82) is 0 Å². The maximum Gasteiger partial charge on any atom is 0.223 e. The van der Waals surface area contributed by atoms with E-state index in [0.29, 0.717) is 6.54 Å². The molecule has 15 heavy (non-hydrogen) atoms. The Morgan fingerprint density at radius 2 is 2.00 bits per heavy atom. The molecule has 0 bridgehead atoms. The van der Waals surface area contributed by atoms with Gasteiger partial charge in [0.25, 0.3) is 0 Å². The number of amides is 1. The summed E-state index contributed by atoms with van der Waals surface area (Å²) < 4.78 is 0. The highest BCUT2D eigenvalue weighted by Crippen LogP contribution is 2.24. The molecule has 0 atom stereocenters. The van der Waals surface area contributed by atoms with Crippen LogP contribution in [0.3, 0.4) is 0 Å². The SMILES string of the molecule is O=C(NCc1cc[c]cc1)C1CCCC1. The van der Waals surface area contributed by atoms with Gasteiger partial charge in [-0.25, -0.2) is 0 Å². The summed E-state index contributed by atoms with van der Waals surface area (Å²) in [5, 5.41) is 2.99. The molecule has 1 N–H and O–H groups in total. The van der Waals surface area contributed by atoms with Gasteiger partial charge >= 0.3 is 0 Å². The smallest absolute Gasteiger partial charge is 0.223 e. The molecule has 1 aromatic carbocycles. The van der Waals surface area contributed by atoms with Crippen molar-refractivity contribution in [3.8, 4) is 0 Å². The summed E-state index contributed by atoms with van der Waals surface area (Å²) in [6.45, 7) is 0.643. The number of carbonyl (C=O) groups excluding carboxylic acids is 1. The van der Waals surface area contributed by atoms with Crippen molar-refractivity contribution in [2.75, 3.05) is 0 Å². The molecule has 1 aromatic rings. The van der Waals surface area contributed by atoms with Crippen LogP contribution in [0.1, 0.15) is 31.2 Å². The molecule has 1 aliphatic carbocycles. The molecule has 0 heterocycles. The topological polar surface area (TPSA) is 29.1 Å². The second-order valence-corrected chi connectivity index (χ2v) is 4.11. The number of benzene rings is 1. The van der Waals surface area contributed by atoms with Gasteiger partial charge in [0.1, 0.15) is 0 Å². The van der Waals surface area contributed by atoms with Crippen LogP contribution in [0, 0.1) is 12.0 Å². The van der Waals surface area contributed by atoms with Crippen LogP contribution >= 0.6 is 0 Å². The third kappa shape index (κ3) is 2.82. The summed E-state index contributed by atoms with van der Waals surface area (Å²) in [5.41, 5.74) is 1.14. The maximum absolute atomic E-state index is 11.7. The van der Waals surface area contributed by atoms with Crippen LogP contribution < -0.4 is 5.32 Å². The highest BCUT2D eigenvalue weighted by atomic mass is 16.1. The van der Waals surface area contributed by atoms with Crippen LogP contribution in [0.15, 0.2) is 24.3 Å². The summed E-state index contributed by atoms with van der Waals surface area (Å²) in [7, 11) is 0. The molecule has 2 rings (SSSR count). The predicted octanol–water partition coefficient (Wildman–Crippen LogP) is 2.29. The first-order chi connectivity index (χ1) is 7.36. The Morgan fingerprint density at radius 3 is 2.67 bits per heavy atom. The lowest BCUT2D eigenvalue weighted by Crippen LogP contribution is -2.28. The van der Waals surface area contributed by atoms with Gasteiger partial charge in [-0.1, -0.05) is 37.1 Å². The number of nitrogens with one attached hydrogen (secondary N) is 1. The highest BCUT2D eigenvalue weighted by Gasteiger charge is 2.21. The quantitative estimate of drug-likeness (QED) is 0.800. The van der Waals surface area contributed by atoms with Crippen LogP contribution in [0.2, 0.25) is 0 Å². The van der Waals surface area contributed by atoms with E-state index in [1.807, 2.05) is 24.3 Å². The van der Waals surface area contributed by atoms with Crippen LogP contribution in [-0.2, 0) is 11.3 Å². The van der Waals surface area contributed by atoms with Gasteiger partial charge in [-0.3, -0.25) is 4.79 Å². The summed E-state index contributed by atoms with van der Waals surface area (Å²) >= 11 is 0. The van der Waals surface area contributed by atoms with Crippen LogP contribution in [0.4, 0.5) is 0 Å². The van der Waals surface area contributed by atoms with Crippen LogP contribution in [-0.4, -0.2) is 5.91 Å².